The van der Waals surface area contributed by atoms with Gasteiger partial charge in [-0.1, -0.05) is 13.8 Å². The molecular formula is C12H18N4. The number of hydrogen-bond acceptors (Lipinski definition) is 3. The topological polar surface area (TPSA) is 42.2 Å². The highest BCUT2D eigenvalue weighted by Crippen LogP contribution is 2.19. The van der Waals surface area contributed by atoms with E-state index in [0.717, 1.165) is 11.2 Å². The van der Waals surface area contributed by atoms with E-state index in [9.17, 15) is 0 Å². The van der Waals surface area contributed by atoms with Crippen LogP contribution >= 0.6 is 0 Å². The lowest BCUT2D eigenvalue weighted by molar-refractivity contribution is 0.655. The molecule has 0 radical (unpaired) electrons. The first-order valence-electron chi connectivity index (χ1n) is 5.64. The Morgan fingerprint density at radius 1 is 1.25 bits per heavy atom. The van der Waals surface area contributed by atoms with Crippen molar-refractivity contribution in [1.82, 2.24) is 19.9 Å². The van der Waals surface area contributed by atoms with Crippen LogP contribution in [0.3, 0.4) is 0 Å². The molecule has 0 spiro atoms. The lowest BCUT2D eigenvalue weighted by Crippen LogP contribution is -2.12. The van der Waals surface area contributed by atoms with Crippen LogP contribution in [0, 0.1) is 0 Å². The van der Waals surface area contributed by atoms with Gasteiger partial charge in [-0.25, -0.2) is 9.50 Å². The number of aromatic nitrogens is 3. The van der Waals surface area contributed by atoms with Gasteiger partial charge in [-0.15, -0.1) is 0 Å². The second-order valence-corrected chi connectivity index (χ2v) is 4.42. The zero-order valence-electron chi connectivity index (χ0n) is 10.2. The van der Waals surface area contributed by atoms with Gasteiger partial charge in [0.05, 0.1) is 6.20 Å². The second-order valence-electron chi connectivity index (χ2n) is 4.42. The third-order valence-corrected chi connectivity index (χ3v) is 2.97. The van der Waals surface area contributed by atoms with E-state index in [4.69, 9.17) is 0 Å². The largest absolute Gasteiger partial charge is 0.313 e. The van der Waals surface area contributed by atoms with Gasteiger partial charge in [0.2, 0.25) is 0 Å². The van der Waals surface area contributed by atoms with Crippen molar-refractivity contribution in [3.05, 3.63) is 29.7 Å². The number of rotatable bonds is 3. The summed E-state index contributed by atoms with van der Waals surface area (Å²) in [5.74, 6) is 0.478. The van der Waals surface area contributed by atoms with Crippen molar-refractivity contribution >= 4 is 5.65 Å². The predicted molar refractivity (Wildman–Crippen MR) is 64.6 cm³/mol. The molecule has 0 saturated carbocycles. The van der Waals surface area contributed by atoms with Crippen LogP contribution in [0.15, 0.2) is 18.6 Å². The molecule has 2 aromatic heterocycles. The quantitative estimate of drug-likeness (QED) is 0.858. The maximum Gasteiger partial charge on any atom is 0.159 e. The molecule has 1 atom stereocenters. The third kappa shape index (κ3) is 1.80. The minimum atomic E-state index is 0.273. The van der Waals surface area contributed by atoms with Crippen molar-refractivity contribution in [3.63, 3.8) is 0 Å². The maximum atomic E-state index is 4.49. The van der Waals surface area contributed by atoms with E-state index < -0.39 is 0 Å². The fourth-order valence-corrected chi connectivity index (χ4v) is 1.67. The average molecular weight is 218 g/mol. The van der Waals surface area contributed by atoms with E-state index in [0.29, 0.717) is 5.92 Å². The fraction of sp³-hybridized carbons (Fsp3) is 0.500. The molecule has 0 fully saturated rings. The second kappa shape index (κ2) is 4.22. The fourth-order valence-electron chi connectivity index (χ4n) is 1.67. The van der Waals surface area contributed by atoms with E-state index in [1.54, 1.807) is 0 Å². The lowest BCUT2D eigenvalue weighted by Gasteiger charge is -2.08. The van der Waals surface area contributed by atoms with Crippen LogP contribution in [0.2, 0.25) is 0 Å². The highest BCUT2D eigenvalue weighted by molar-refractivity contribution is 5.48. The molecule has 4 nitrogen and oxygen atoms in total. The summed E-state index contributed by atoms with van der Waals surface area (Å²) in [5, 5.41) is 7.55. The third-order valence-electron chi connectivity index (χ3n) is 2.97. The van der Waals surface area contributed by atoms with E-state index >= 15 is 0 Å². The first-order chi connectivity index (χ1) is 7.63. The van der Waals surface area contributed by atoms with Crippen LogP contribution < -0.4 is 5.32 Å². The van der Waals surface area contributed by atoms with Gasteiger partial charge in [0.25, 0.3) is 0 Å². The van der Waals surface area contributed by atoms with Gasteiger partial charge in [0.1, 0.15) is 0 Å². The summed E-state index contributed by atoms with van der Waals surface area (Å²) >= 11 is 0. The highest BCUT2D eigenvalue weighted by Gasteiger charge is 2.11. The van der Waals surface area contributed by atoms with Gasteiger partial charge in [-0.05, 0) is 25.5 Å². The normalized spacial score (nSPS) is 13.6. The Bertz CT molecular complexity index is 487. The number of nitrogens with zero attached hydrogens (tertiary/aromatic N) is 3. The highest BCUT2D eigenvalue weighted by atomic mass is 15.2. The molecule has 16 heavy (non-hydrogen) atoms. The Balaban J connectivity index is 2.50. The molecule has 2 rings (SSSR count). The smallest absolute Gasteiger partial charge is 0.159 e. The summed E-state index contributed by atoms with van der Waals surface area (Å²) in [6.07, 6.45) is 5.88. The van der Waals surface area contributed by atoms with Crippen molar-refractivity contribution < 1.29 is 0 Å². The Labute approximate surface area is 95.7 Å². The van der Waals surface area contributed by atoms with E-state index in [2.05, 4.69) is 42.4 Å². The Morgan fingerprint density at radius 3 is 2.62 bits per heavy atom. The van der Waals surface area contributed by atoms with Crippen LogP contribution in [-0.4, -0.2) is 21.6 Å². The molecule has 0 saturated heterocycles. The van der Waals surface area contributed by atoms with Gasteiger partial charge in [-0.3, -0.25) is 0 Å². The molecule has 86 valence electrons. The Morgan fingerprint density at radius 2 is 2.00 bits per heavy atom. The molecule has 2 heterocycles. The predicted octanol–water partition coefficient (Wildman–Crippen LogP) is 2.13. The molecule has 0 aromatic carbocycles. The zero-order chi connectivity index (χ0) is 11.7. The molecule has 0 aliphatic carbocycles. The molecule has 2 aromatic rings. The SMILES string of the molecule is CNC(C)c1cnn2cc(C(C)C)cnc12. The van der Waals surface area contributed by atoms with Crippen molar-refractivity contribution in [2.24, 2.45) is 0 Å². The van der Waals surface area contributed by atoms with Crippen molar-refractivity contribution in [2.45, 2.75) is 32.7 Å². The van der Waals surface area contributed by atoms with Crippen molar-refractivity contribution in [3.8, 4) is 0 Å². The summed E-state index contributed by atoms with van der Waals surface area (Å²) < 4.78 is 1.86. The first-order valence-corrected chi connectivity index (χ1v) is 5.64. The van der Waals surface area contributed by atoms with Gasteiger partial charge in [0.15, 0.2) is 5.65 Å². The minimum Gasteiger partial charge on any atom is -0.313 e. The summed E-state index contributed by atoms with van der Waals surface area (Å²) in [6, 6.07) is 0.273. The standard InChI is InChI=1S/C12H18N4/c1-8(2)10-5-14-12-11(9(3)13-4)6-15-16(12)7-10/h5-9,13H,1-4H3. The van der Waals surface area contributed by atoms with Gasteiger partial charge in [0, 0.05) is 24.0 Å². The molecular weight excluding hydrogens is 200 g/mol. The van der Waals surface area contributed by atoms with Crippen molar-refractivity contribution in [1.29, 1.82) is 0 Å². The van der Waals surface area contributed by atoms with Gasteiger partial charge >= 0.3 is 0 Å². The number of fused-ring (bicyclic) bond motifs is 1. The maximum absolute atomic E-state index is 4.49. The molecule has 1 N–H and O–H groups in total. The van der Waals surface area contributed by atoms with E-state index in [1.165, 1.54) is 5.56 Å². The molecule has 0 bridgehead atoms. The molecule has 0 aliphatic rings. The number of hydrogen-bond donors (Lipinski definition) is 1. The molecule has 4 heteroatoms. The van der Waals surface area contributed by atoms with E-state index in [-0.39, 0.29) is 6.04 Å². The van der Waals surface area contributed by atoms with Gasteiger partial charge in [-0.2, -0.15) is 5.10 Å². The lowest BCUT2D eigenvalue weighted by atomic mass is 10.1. The Hall–Kier alpha value is -1.42. The average Bonchev–Trinajstić information content (AvgIpc) is 2.70. The zero-order valence-corrected chi connectivity index (χ0v) is 10.2. The molecule has 1 unspecified atom stereocenters. The van der Waals surface area contributed by atoms with Crippen LogP contribution in [0.25, 0.3) is 5.65 Å². The monoisotopic (exact) mass is 218 g/mol. The molecule has 0 aliphatic heterocycles. The summed E-state index contributed by atoms with van der Waals surface area (Å²) in [6.45, 7) is 6.42. The Kier molecular flexibility index (Phi) is 2.92. The van der Waals surface area contributed by atoms with Crippen molar-refractivity contribution in [2.75, 3.05) is 7.05 Å². The summed E-state index contributed by atoms with van der Waals surface area (Å²) in [5.41, 5.74) is 3.28. The summed E-state index contributed by atoms with van der Waals surface area (Å²) in [4.78, 5) is 4.49. The van der Waals surface area contributed by atoms with Crippen LogP contribution in [0.5, 0.6) is 0 Å². The van der Waals surface area contributed by atoms with Crippen LogP contribution in [0.4, 0.5) is 0 Å². The first kappa shape index (κ1) is 11.1. The van der Waals surface area contributed by atoms with Gasteiger partial charge < -0.3 is 5.32 Å². The number of nitrogens with one attached hydrogen (secondary N) is 1. The molecule has 0 amide bonds. The van der Waals surface area contributed by atoms with Crippen LogP contribution in [0.1, 0.15) is 43.9 Å². The summed E-state index contributed by atoms with van der Waals surface area (Å²) in [7, 11) is 1.94. The minimum absolute atomic E-state index is 0.273. The van der Waals surface area contributed by atoms with E-state index in [1.807, 2.05) is 24.0 Å². The van der Waals surface area contributed by atoms with Crippen LogP contribution in [-0.2, 0) is 0 Å².